The van der Waals surface area contributed by atoms with E-state index >= 15 is 0 Å². The first-order valence-corrected chi connectivity index (χ1v) is 10.5. The molecule has 0 bridgehead atoms. The van der Waals surface area contributed by atoms with Crippen molar-refractivity contribution in [2.45, 2.75) is 27.3 Å². The van der Waals surface area contributed by atoms with Gasteiger partial charge in [-0.1, -0.05) is 18.2 Å². The maximum Gasteiger partial charge on any atom is 0.272 e. The predicted octanol–water partition coefficient (Wildman–Crippen LogP) is 6.41. The Morgan fingerprint density at radius 1 is 0.903 bits per heavy atom. The van der Waals surface area contributed by atoms with Crippen LogP contribution in [0.4, 0.5) is 5.69 Å². The summed E-state index contributed by atoms with van der Waals surface area (Å²) in [5.74, 6) is 2.16. The third-order valence-corrected chi connectivity index (χ3v) is 5.22. The van der Waals surface area contributed by atoms with E-state index in [-0.39, 0.29) is 5.91 Å². The molecule has 0 aliphatic heterocycles. The van der Waals surface area contributed by atoms with Crippen LogP contribution < -0.4 is 14.8 Å². The minimum absolute atomic E-state index is 0.134. The number of hydrogen-bond donors (Lipinski definition) is 1. The lowest BCUT2D eigenvalue weighted by molar-refractivity contribution is 0.101. The smallest absolute Gasteiger partial charge is 0.272 e. The normalized spacial score (nSPS) is 10.8. The molecule has 1 aromatic heterocycles. The fraction of sp³-hybridized carbons (Fsp3) is 0.192. The van der Waals surface area contributed by atoms with E-state index in [2.05, 4.69) is 5.32 Å². The van der Waals surface area contributed by atoms with Gasteiger partial charge in [-0.15, -0.1) is 0 Å². The van der Waals surface area contributed by atoms with Gasteiger partial charge in [-0.2, -0.15) is 0 Å². The van der Waals surface area contributed by atoms with Gasteiger partial charge in [0.2, 0.25) is 0 Å². The number of carbonyl (C=O) groups excluding carboxylic acids is 1. The number of fused-ring (bicyclic) bond motifs is 1. The highest BCUT2D eigenvalue weighted by molar-refractivity contribution is 6.08. The van der Waals surface area contributed by atoms with Crippen LogP contribution in [0.2, 0.25) is 0 Å². The molecule has 0 aliphatic rings. The largest absolute Gasteiger partial charge is 0.494 e. The van der Waals surface area contributed by atoms with Crippen molar-refractivity contribution in [1.82, 2.24) is 4.57 Å². The van der Waals surface area contributed by atoms with Gasteiger partial charge in [-0.05, 0) is 80.9 Å². The van der Waals surface area contributed by atoms with Crippen LogP contribution in [0.1, 0.15) is 29.9 Å². The van der Waals surface area contributed by atoms with E-state index in [1.807, 2.05) is 98.1 Å². The van der Waals surface area contributed by atoms with Gasteiger partial charge in [0.15, 0.2) is 0 Å². The Bertz CT molecular complexity index is 1200. The van der Waals surface area contributed by atoms with Crippen LogP contribution in [0, 0.1) is 6.92 Å². The predicted molar refractivity (Wildman–Crippen MR) is 124 cm³/mol. The van der Waals surface area contributed by atoms with Gasteiger partial charge in [0, 0.05) is 23.1 Å². The number of para-hydroxylation sites is 1. The molecule has 31 heavy (non-hydrogen) atoms. The fourth-order valence-electron chi connectivity index (χ4n) is 3.80. The summed E-state index contributed by atoms with van der Waals surface area (Å²) in [5, 5.41) is 4.05. The second-order valence-corrected chi connectivity index (χ2v) is 7.22. The number of amides is 1. The molecule has 1 amide bonds. The molecule has 158 valence electrons. The SMILES string of the molecule is CCOc1ccc2c(c1)c(C)c(C(=O)Nc1ccc(Oc3ccccc3)cc1)n2CC. The number of hydrogen-bond acceptors (Lipinski definition) is 3. The number of nitrogens with one attached hydrogen (secondary N) is 1. The summed E-state index contributed by atoms with van der Waals surface area (Å²) in [4.78, 5) is 13.2. The molecule has 4 rings (SSSR count). The molecule has 0 spiro atoms. The number of nitrogens with zero attached hydrogens (tertiary/aromatic N) is 1. The van der Waals surface area contributed by atoms with Crippen LogP contribution in [0.15, 0.2) is 72.8 Å². The molecule has 0 aliphatic carbocycles. The van der Waals surface area contributed by atoms with Crippen molar-refractivity contribution in [3.8, 4) is 17.2 Å². The molecule has 5 nitrogen and oxygen atoms in total. The van der Waals surface area contributed by atoms with Gasteiger partial charge in [0.05, 0.1) is 6.61 Å². The Kier molecular flexibility index (Phi) is 5.94. The van der Waals surface area contributed by atoms with Crippen molar-refractivity contribution in [2.75, 3.05) is 11.9 Å². The standard InChI is InChI=1S/C26H26N2O3/c1-4-28-24-16-15-22(30-5-2)17-23(24)18(3)25(28)26(29)27-19-11-13-21(14-12-19)31-20-9-7-6-8-10-20/h6-17H,4-5H2,1-3H3,(H,27,29). The maximum absolute atomic E-state index is 13.2. The highest BCUT2D eigenvalue weighted by Gasteiger charge is 2.20. The topological polar surface area (TPSA) is 52.5 Å². The Morgan fingerprint density at radius 3 is 2.26 bits per heavy atom. The molecule has 1 N–H and O–H groups in total. The van der Waals surface area contributed by atoms with Crippen molar-refractivity contribution in [1.29, 1.82) is 0 Å². The summed E-state index contributed by atoms with van der Waals surface area (Å²) < 4.78 is 13.5. The number of aryl methyl sites for hydroxylation is 2. The second-order valence-electron chi connectivity index (χ2n) is 7.22. The first kappa shape index (κ1) is 20.5. The van der Waals surface area contributed by atoms with E-state index in [1.54, 1.807) is 0 Å². The monoisotopic (exact) mass is 414 g/mol. The highest BCUT2D eigenvalue weighted by atomic mass is 16.5. The third kappa shape index (κ3) is 4.26. The highest BCUT2D eigenvalue weighted by Crippen LogP contribution is 2.30. The molecular formula is C26H26N2O3. The van der Waals surface area contributed by atoms with Gasteiger partial charge < -0.3 is 19.4 Å². The van der Waals surface area contributed by atoms with Crippen molar-refractivity contribution in [2.24, 2.45) is 0 Å². The molecule has 4 aromatic rings. The van der Waals surface area contributed by atoms with Crippen molar-refractivity contribution < 1.29 is 14.3 Å². The Hall–Kier alpha value is -3.73. The molecule has 0 atom stereocenters. The first-order chi connectivity index (χ1) is 15.1. The third-order valence-electron chi connectivity index (χ3n) is 5.22. The average molecular weight is 415 g/mol. The average Bonchev–Trinajstić information content (AvgIpc) is 3.07. The number of benzene rings is 3. The van der Waals surface area contributed by atoms with E-state index in [0.717, 1.165) is 28.0 Å². The quantitative estimate of drug-likeness (QED) is 0.380. The van der Waals surface area contributed by atoms with E-state index in [9.17, 15) is 4.79 Å². The summed E-state index contributed by atoms with van der Waals surface area (Å²) >= 11 is 0. The van der Waals surface area contributed by atoms with Crippen molar-refractivity contribution >= 4 is 22.5 Å². The zero-order valence-corrected chi connectivity index (χ0v) is 18.0. The minimum Gasteiger partial charge on any atom is -0.494 e. The summed E-state index contributed by atoms with van der Waals surface area (Å²) in [6.07, 6.45) is 0. The van der Waals surface area contributed by atoms with Crippen LogP contribution in [0.25, 0.3) is 10.9 Å². The van der Waals surface area contributed by atoms with E-state index in [0.29, 0.717) is 30.3 Å². The number of aromatic nitrogens is 1. The molecule has 3 aromatic carbocycles. The lowest BCUT2D eigenvalue weighted by Gasteiger charge is -2.11. The molecule has 0 fully saturated rings. The lowest BCUT2D eigenvalue weighted by atomic mass is 10.1. The zero-order valence-electron chi connectivity index (χ0n) is 18.0. The Balaban J connectivity index is 1.57. The summed E-state index contributed by atoms with van der Waals surface area (Å²) in [5.41, 5.74) is 3.35. The van der Waals surface area contributed by atoms with Crippen molar-refractivity contribution in [3.63, 3.8) is 0 Å². The van der Waals surface area contributed by atoms with Crippen LogP contribution in [-0.2, 0) is 6.54 Å². The van der Waals surface area contributed by atoms with Crippen molar-refractivity contribution in [3.05, 3.63) is 84.1 Å². The molecule has 1 heterocycles. The summed E-state index contributed by atoms with van der Waals surface area (Å²) in [7, 11) is 0. The van der Waals surface area contributed by atoms with Gasteiger partial charge in [0.1, 0.15) is 22.9 Å². The van der Waals surface area contributed by atoms with Gasteiger partial charge in [-0.3, -0.25) is 4.79 Å². The Labute approximate surface area is 182 Å². The van der Waals surface area contributed by atoms with Gasteiger partial charge in [-0.25, -0.2) is 0 Å². The fourth-order valence-corrected chi connectivity index (χ4v) is 3.80. The molecule has 0 unspecified atom stereocenters. The molecule has 0 saturated heterocycles. The maximum atomic E-state index is 13.2. The first-order valence-electron chi connectivity index (χ1n) is 10.5. The summed E-state index contributed by atoms with van der Waals surface area (Å²) in [6, 6.07) is 23.0. The van der Waals surface area contributed by atoms with Crippen LogP contribution >= 0.6 is 0 Å². The van der Waals surface area contributed by atoms with Crippen LogP contribution in [-0.4, -0.2) is 17.1 Å². The second kappa shape index (κ2) is 8.96. The van der Waals surface area contributed by atoms with Gasteiger partial charge >= 0.3 is 0 Å². The number of ether oxygens (including phenoxy) is 2. The number of anilines is 1. The van der Waals surface area contributed by atoms with E-state index < -0.39 is 0 Å². The Morgan fingerprint density at radius 2 is 1.58 bits per heavy atom. The minimum atomic E-state index is -0.134. The number of carbonyl (C=O) groups is 1. The lowest BCUT2D eigenvalue weighted by Crippen LogP contribution is -2.17. The van der Waals surface area contributed by atoms with E-state index in [1.165, 1.54) is 0 Å². The molecule has 0 radical (unpaired) electrons. The van der Waals surface area contributed by atoms with E-state index in [4.69, 9.17) is 9.47 Å². The zero-order chi connectivity index (χ0) is 21.8. The summed E-state index contributed by atoms with van der Waals surface area (Å²) in [6.45, 7) is 7.29. The van der Waals surface area contributed by atoms with Gasteiger partial charge in [0.25, 0.3) is 5.91 Å². The van der Waals surface area contributed by atoms with Crippen LogP contribution in [0.5, 0.6) is 17.2 Å². The molecular weight excluding hydrogens is 388 g/mol. The van der Waals surface area contributed by atoms with Crippen LogP contribution in [0.3, 0.4) is 0 Å². The molecule has 0 saturated carbocycles. The molecule has 5 heteroatoms. The number of rotatable bonds is 7.